The van der Waals surface area contributed by atoms with E-state index in [1.165, 1.54) is 18.2 Å². The van der Waals surface area contributed by atoms with E-state index in [9.17, 15) is 14.9 Å². The van der Waals surface area contributed by atoms with Gasteiger partial charge in [-0.3, -0.25) is 14.9 Å². The monoisotopic (exact) mass is 323 g/mol. The molecule has 5 heteroatoms. The van der Waals surface area contributed by atoms with Crippen molar-refractivity contribution < 1.29 is 14.5 Å². The Balaban J connectivity index is 2.42. The summed E-state index contributed by atoms with van der Waals surface area (Å²) in [6.07, 6.45) is 5.13. The number of hydrogen-bond acceptors (Lipinski definition) is 4. The molecule has 0 heterocycles. The predicted octanol–water partition coefficient (Wildman–Crippen LogP) is 3.96. The van der Waals surface area contributed by atoms with Crippen molar-refractivity contribution in [3.05, 3.63) is 69.3 Å². The van der Waals surface area contributed by atoms with Crippen molar-refractivity contribution >= 4 is 11.5 Å². The molecular formula is C19H17NO4. The van der Waals surface area contributed by atoms with E-state index in [-0.39, 0.29) is 17.9 Å². The van der Waals surface area contributed by atoms with E-state index >= 15 is 0 Å². The SMILES string of the molecule is C#CCOc1ccc([N+](=O)[O-])c(C(=O)c2ccc(C(C)C)cc2)c1. The maximum Gasteiger partial charge on any atom is 0.280 e. The first kappa shape index (κ1) is 17.2. The second kappa shape index (κ2) is 7.42. The minimum absolute atomic E-state index is 0.0215. The largest absolute Gasteiger partial charge is 0.481 e. The molecular weight excluding hydrogens is 306 g/mol. The molecule has 0 radical (unpaired) electrons. The molecule has 0 spiro atoms. The van der Waals surface area contributed by atoms with Crippen molar-refractivity contribution in [1.29, 1.82) is 0 Å². The van der Waals surface area contributed by atoms with Crippen molar-refractivity contribution in [3.8, 4) is 18.1 Å². The van der Waals surface area contributed by atoms with Crippen LogP contribution in [0.1, 0.15) is 41.3 Å². The number of hydrogen-bond donors (Lipinski definition) is 0. The van der Waals surface area contributed by atoms with Crippen LogP contribution in [0, 0.1) is 22.5 Å². The second-order valence-corrected chi connectivity index (χ2v) is 5.53. The summed E-state index contributed by atoms with van der Waals surface area (Å²) in [5, 5.41) is 11.2. The number of ether oxygens (including phenoxy) is 1. The molecule has 122 valence electrons. The smallest absolute Gasteiger partial charge is 0.280 e. The molecule has 2 rings (SSSR count). The average molecular weight is 323 g/mol. The molecule has 0 amide bonds. The lowest BCUT2D eigenvalue weighted by atomic mass is 9.97. The molecule has 0 saturated heterocycles. The van der Waals surface area contributed by atoms with Gasteiger partial charge < -0.3 is 4.74 Å². The Kier molecular flexibility index (Phi) is 5.33. The van der Waals surface area contributed by atoms with Crippen LogP contribution in [0.3, 0.4) is 0 Å². The van der Waals surface area contributed by atoms with Gasteiger partial charge in [0, 0.05) is 11.6 Å². The molecule has 0 unspecified atom stereocenters. The molecule has 0 aliphatic heterocycles. The molecule has 0 N–H and O–H groups in total. The Bertz CT molecular complexity index is 801. The Hall–Kier alpha value is -3.13. The lowest BCUT2D eigenvalue weighted by Crippen LogP contribution is -2.07. The van der Waals surface area contributed by atoms with Crippen LogP contribution in [0.15, 0.2) is 42.5 Å². The highest BCUT2D eigenvalue weighted by Gasteiger charge is 2.22. The molecule has 0 aromatic heterocycles. The first-order valence-electron chi connectivity index (χ1n) is 7.43. The van der Waals surface area contributed by atoms with Gasteiger partial charge in [-0.2, -0.15) is 0 Å². The third kappa shape index (κ3) is 3.79. The third-order valence-corrected chi connectivity index (χ3v) is 3.57. The summed E-state index contributed by atoms with van der Waals surface area (Å²) >= 11 is 0. The summed E-state index contributed by atoms with van der Waals surface area (Å²) < 4.78 is 5.26. The van der Waals surface area contributed by atoms with Gasteiger partial charge >= 0.3 is 0 Å². The maximum atomic E-state index is 12.7. The lowest BCUT2D eigenvalue weighted by molar-refractivity contribution is -0.385. The fourth-order valence-corrected chi connectivity index (χ4v) is 2.25. The highest BCUT2D eigenvalue weighted by Crippen LogP contribution is 2.27. The van der Waals surface area contributed by atoms with Gasteiger partial charge in [0.05, 0.1) is 4.92 Å². The molecule has 0 aliphatic rings. The number of rotatable bonds is 6. The Morgan fingerprint density at radius 3 is 2.46 bits per heavy atom. The van der Waals surface area contributed by atoms with E-state index in [0.29, 0.717) is 17.2 Å². The predicted molar refractivity (Wildman–Crippen MR) is 91.4 cm³/mol. The summed E-state index contributed by atoms with van der Waals surface area (Å²) in [7, 11) is 0. The summed E-state index contributed by atoms with van der Waals surface area (Å²) in [6, 6.07) is 11.1. The Morgan fingerprint density at radius 2 is 1.92 bits per heavy atom. The minimum Gasteiger partial charge on any atom is -0.481 e. The van der Waals surface area contributed by atoms with Gasteiger partial charge in [-0.15, -0.1) is 6.42 Å². The summed E-state index contributed by atoms with van der Waals surface area (Å²) in [4.78, 5) is 23.3. The molecule has 0 fully saturated rings. The van der Waals surface area contributed by atoms with Gasteiger partial charge in [0.25, 0.3) is 5.69 Å². The van der Waals surface area contributed by atoms with E-state index in [1.807, 2.05) is 26.0 Å². The first-order valence-corrected chi connectivity index (χ1v) is 7.43. The average Bonchev–Trinajstić information content (AvgIpc) is 2.59. The number of nitrogens with zero attached hydrogens (tertiary/aromatic N) is 1. The van der Waals surface area contributed by atoms with Gasteiger partial charge in [0.15, 0.2) is 5.78 Å². The van der Waals surface area contributed by atoms with E-state index in [0.717, 1.165) is 5.56 Å². The van der Waals surface area contributed by atoms with Crippen LogP contribution in [0.5, 0.6) is 5.75 Å². The molecule has 0 aliphatic carbocycles. The fourth-order valence-electron chi connectivity index (χ4n) is 2.25. The van der Waals surface area contributed by atoms with Crippen LogP contribution in [0.2, 0.25) is 0 Å². The molecule has 0 atom stereocenters. The summed E-state index contributed by atoms with van der Waals surface area (Å²) in [5.74, 6) is 2.54. The van der Waals surface area contributed by atoms with Crippen LogP contribution in [0.4, 0.5) is 5.69 Å². The number of benzene rings is 2. The van der Waals surface area contributed by atoms with Crippen molar-refractivity contribution in [2.45, 2.75) is 19.8 Å². The highest BCUT2D eigenvalue weighted by molar-refractivity contribution is 6.11. The number of terminal acetylenes is 1. The van der Waals surface area contributed by atoms with Crippen LogP contribution in [0.25, 0.3) is 0 Å². The van der Waals surface area contributed by atoms with Gasteiger partial charge in [-0.05, 0) is 23.6 Å². The van der Waals surface area contributed by atoms with E-state index < -0.39 is 10.7 Å². The second-order valence-electron chi connectivity index (χ2n) is 5.53. The third-order valence-electron chi connectivity index (χ3n) is 3.57. The quantitative estimate of drug-likeness (QED) is 0.349. The summed E-state index contributed by atoms with van der Waals surface area (Å²) in [6.45, 7) is 4.12. The van der Waals surface area contributed by atoms with Gasteiger partial charge in [-0.1, -0.05) is 44.0 Å². The zero-order chi connectivity index (χ0) is 17.7. The summed E-state index contributed by atoms with van der Waals surface area (Å²) in [5.41, 5.74) is 1.19. The lowest BCUT2D eigenvalue weighted by Gasteiger charge is -2.08. The molecule has 24 heavy (non-hydrogen) atoms. The van der Waals surface area contributed by atoms with Gasteiger partial charge in [-0.25, -0.2) is 0 Å². The van der Waals surface area contributed by atoms with Crippen LogP contribution < -0.4 is 4.74 Å². The van der Waals surface area contributed by atoms with Crippen LogP contribution in [-0.2, 0) is 0 Å². The Morgan fingerprint density at radius 1 is 1.25 bits per heavy atom. The molecule has 5 nitrogen and oxygen atoms in total. The standard InChI is InChI=1S/C19H17NO4/c1-4-11-24-16-9-10-18(20(22)23)17(12-16)19(21)15-7-5-14(6-8-15)13(2)3/h1,5-10,12-13H,11H2,2-3H3. The van der Waals surface area contributed by atoms with Crippen molar-refractivity contribution in [2.75, 3.05) is 6.61 Å². The number of nitro groups is 1. The van der Waals surface area contributed by atoms with Gasteiger partial charge in [0.1, 0.15) is 17.9 Å². The van der Waals surface area contributed by atoms with Crippen molar-refractivity contribution in [2.24, 2.45) is 0 Å². The zero-order valence-corrected chi connectivity index (χ0v) is 13.5. The first-order chi connectivity index (χ1) is 11.4. The van der Waals surface area contributed by atoms with Crippen LogP contribution in [-0.4, -0.2) is 17.3 Å². The number of carbonyl (C=O) groups excluding carboxylic acids is 1. The van der Waals surface area contributed by atoms with Crippen LogP contribution >= 0.6 is 0 Å². The van der Waals surface area contributed by atoms with E-state index in [1.54, 1.807) is 12.1 Å². The maximum absolute atomic E-state index is 12.7. The van der Waals surface area contributed by atoms with E-state index in [2.05, 4.69) is 5.92 Å². The zero-order valence-electron chi connectivity index (χ0n) is 13.5. The van der Waals surface area contributed by atoms with Crippen molar-refractivity contribution in [3.63, 3.8) is 0 Å². The Labute approximate surface area is 140 Å². The minimum atomic E-state index is -0.583. The number of ketones is 1. The molecule has 2 aromatic carbocycles. The molecule has 0 bridgehead atoms. The highest BCUT2D eigenvalue weighted by atomic mass is 16.6. The molecule has 2 aromatic rings. The van der Waals surface area contributed by atoms with E-state index in [4.69, 9.17) is 11.2 Å². The van der Waals surface area contributed by atoms with Gasteiger partial charge in [0.2, 0.25) is 0 Å². The normalized spacial score (nSPS) is 10.2. The van der Waals surface area contributed by atoms with Crippen molar-refractivity contribution in [1.82, 2.24) is 0 Å². The number of nitro benzene ring substituents is 1. The molecule has 0 saturated carbocycles. The topological polar surface area (TPSA) is 69.4 Å². The fraction of sp³-hybridized carbons (Fsp3) is 0.211. The number of carbonyl (C=O) groups is 1.